The van der Waals surface area contributed by atoms with E-state index in [1.54, 1.807) is 0 Å². The van der Waals surface area contributed by atoms with Gasteiger partial charge in [-0.3, -0.25) is 4.79 Å². The van der Waals surface area contributed by atoms with Crippen LogP contribution >= 0.6 is 0 Å². The number of anilines is 1. The van der Waals surface area contributed by atoms with Crippen LogP contribution in [0.1, 0.15) is 12.0 Å². The SMILES string of the molecule is COc1ccc(NC(=O)CCOc2cccc(C)c2)cc1S(N)(=O)=O. The maximum Gasteiger partial charge on any atom is 0.241 e. The number of primary sulfonamides is 1. The summed E-state index contributed by atoms with van der Waals surface area (Å²) in [7, 11) is -2.62. The van der Waals surface area contributed by atoms with Gasteiger partial charge in [0, 0.05) is 5.69 Å². The molecule has 0 fully saturated rings. The number of carbonyl (C=O) groups is 1. The fourth-order valence-corrected chi connectivity index (χ4v) is 2.89. The summed E-state index contributed by atoms with van der Waals surface area (Å²) in [6.45, 7) is 2.15. The number of aryl methyl sites for hydroxylation is 1. The molecule has 7 nitrogen and oxygen atoms in total. The number of rotatable bonds is 7. The van der Waals surface area contributed by atoms with Gasteiger partial charge >= 0.3 is 0 Å². The molecule has 0 unspecified atom stereocenters. The molecule has 8 heteroatoms. The Kier molecular flexibility index (Phi) is 6.00. The lowest BCUT2D eigenvalue weighted by molar-refractivity contribution is -0.116. The van der Waals surface area contributed by atoms with E-state index in [-0.39, 0.29) is 29.6 Å². The Labute approximate surface area is 146 Å². The van der Waals surface area contributed by atoms with Gasteiger partial charge in [0.2, 0.25) is 15.9 Å². The van der Waals surface area contributed by atoms with Crippen LogP contribution in [-0.2, 0) is 14.8 Å². The Morgan fingerprint density at radius 1 is 1.20 bits per heavy atom. The largest absolute Gasteiger partial charge is 0.495 e. The topological polar surface area (TPSA) is 108 Å². The molecule has 0 heterocycles. The highest BCUT2D eigenvalue weighted by Gasteiger charge is 2.16. The minimum absolute atomic E-state index is 0.114. The monoisotopic (exact) mass is 364 g/mol. The number of carbonyl (C=O) groups excluding carboxylic acids is 1. The van der Waals surface area contributed by atoms with Crippen LogP contribution in [0.4, 0.5) is 5.69 Å². The van der Waals surface area contributed by atoms with Crippen molar-refractivity contribution >= 4 is 21.6 Å². The Balaban J connectivity index is 1.96. The Morgan fingerprint density at radius 2 is 1.96 bits per heavy atom. The summed E-state index contributed by atoms with van der Waals surface area (Å²) < 4.78 is 33.6. The Morgan fingerprint density at radius 3 is 2.60 bits per heavy atom. The first kappa shape index (κ1) is 18.8. The first-order valence-electron chi connectivity index (χ1n) is 7.50. The average Bonchev–Trinajstić information content (AvgIpc) is 2.54. The zero-order valence-corrected chi connectivity index (χ0v) is 14.8. The van der Waals surface area contributed by atoms with Crippen LogP contribution < -0.4 is 19.9 Å². The van der Waals surface area contributed by atoms with Gasteiger partial charge in [-0.1, -0.05) is 12.1 Å². The molecule has 0 radical (unpaired) electrons. The quantitative estimate of drug-likeness (QED) is 0.782. The molecule has 0 aliphatic heterocycles. The smallest absolute Gasteiger partial charge is 0.241 e. The summed E-state index contributed by atoms with van der Waals surface area (Å²) in [6.07, 6.45) is 0.116. The van der Waals surface area contributed by atoms with E-state index >= 15 is 0 Å². The highest BCUT2D eigenvalue weighted by atomic mass is 32.2. The van der Waals surface area contributed by atoms with Crippen LogP contribution in [0.3, 0.4) is 0 Å². The molecular formula is C17H20N2O5S. The van der Waals surface area contributed by atoms with Gasteiger partial charge in [0.05, 0.1) is 20.1 Å². The Hall–Kier alpha value is -2.58. The van der Waals surface area contributed by atoms with Gasteiger partial charge in [0.25, 0.3) is 0 Å². The number of nitrogens with two attached hydrogens (primary N) is 1. The average molecular weight is 364 g/mol. The van der Waals surface area contributed by atoms with E-state index in [4.69, 9.17) is 14.6 Å². The molecule has 0 bridgehead atoms. The zero-order valence-electron chi connectivity index (χ0n) is 14.0. The predicted octanol–water partition coefficient (Wildman–Crippen LogP) is 2.06. The van der Waals surface area contributed by atoms with Crippen LogP contribution in [0.25, 0.3) is 0 Å². The van der Waals surface area contributed by atoms with Crippen molar-refractivity contribution in [2.75, 3.05) is 19.0 Å². The maximum absolute atomic E-state index is 12.0. The van der Waals surface area contributed by atoms with E-state index in [1.165, 1.54) is 25.3 Å². The molecule has 0 saturated heterocycles. The van der Waals surface area contributed by atoms with Crippen molar-refractivity contribution in [2.45, 2.75) is 18.2 Å². The lowest BCUT2D eigenvalue weighted by Gasteiger charge is -2.11. The molecule has 2 aromatic carbocycles. The van der Waals surface area contributed by atoms with E-state index in [0.29, 0.717) is 11.4 Å². The fourth-order valence-electron chi connectivity index (χ4n) is 2.17. The third-order valence-corrected chi connectivity index (χ3v) is 4.27. The van der Waals surface area contributed by atoms with Crippen molar-refractivity contribution < 1.29 is 22.7 Å². The van der Waals surface area contributed by atoms with Crippen molar-refractivity contribution in [1.82, 2.24) is 0 Å². The second-order valence-corrected chi connectivity index (χ2v) is 6.90. The van der Waals surface area contributed by atoms with Crippen molar-refractivity contribution in [2.24, 2.45) is 5.14 Å². The molecular weight excluding hydrogens is 344 g/mol. The normalized spacial score (nSPS) is 11.0. The molecule has 0 aliphatic carbocycles. The number of ether oxygens (including phenoxy) is 2. The second-order valence-electron chi connectivity index (χ2n) is 5.37. The van der Waals surface area contributed by atoms with Crippen LogP contribution in [0.2, 0.25) is 0 Å². The van der Waals surface area contributed by atoms with E-state index in [9.17, 15) is 13.2 Å². The molecule has 0 aromatic heterocycles. The van der Waals surface area contributed by atoms with Crippen molar-refractivity contribution in [3.05, 3.63) is 48.0 Å². The molecule has 1 amide bonds. The molecule has 0 saturated carbocycles. The summed E-state index contributed by atoms with van der Waals surface area (Å²) >= 11 is 0. The summed E-state index contributed by atoms with van der Waals surface area (Å²) in [4.78, 5) is 11.8. The van der Waals surface area contributed by atoms with Crippen LogP contribution in [0.5, 0.6) is 11.5 Å². The van der Waals surface area contributed by atoms with Gasteiger partial charge in [0.1, 0.15) is 16.4 Å². The first-order chi connectivity index (χ1) is 11.8. The molecule has 134 valence electrons. The van der Waals surface area contributed by atoms with Gasteiger partial charge in [-0.25, -0.2) is 13.6 Å². The van der Waals surface area contributed by atoms with Gasteiger partial charge in [-0.05, 0) is 42.8 Å². The number of amides is 1. The summed E-state index contributed by atoms with van der Waals surface area (Å²) in [5.74, 6) is 0.496. The third-order valence-electron chi connectivity index (χ3n) is 3.34. The number of hydrogen-bond acceptors (Lipinski definition) is 5. The first-order valence-corrected chi connectivity index (χ1v) is 9.04. The maximum atomic E-state index is 12.0. The number of hydrogen-bond donors (Lipinski definition) is 2. The van der Waals surface area contributed by atoms with Crippen molar-refractivity contribution in [3.8, 4) is 11.5 Å². The molecule has 25 heavy (non-hydrogen) atoms. The standard InChI is InChI=1S/C17H20N2O5S/c1-12-4-3-5-14(10-12)24-9-8-17(20)19-13-6-7-15(23-2)16(11-13)25(18,21)22/h3-7,10-11H,8-9H2,1-2H3,(H,19,20)(H2,18,21,22). The van der Waals surface area contributed by atoms with E-state index < -0.39 is 10.0 Å². The summed E-state index contributed by atoms with van der Waals surface area (Å²) in [5.41, 5.74) is 1.38. The number of benzene rings is 2. The van der Waals surface area contributed by atoms with Crippen LogP contribution in [-0.4, -0.2) is 28.0 Å². The van der Waals surface area contributed by atoms with Crippen LogP contribution in [0, 0.1) is 6.92 Å². The second kappa shape index (κ2) is 8.00. The molecule has 0 atom stereocenters. The number of nitrogens with one attached hydrogen (secondary N) is 1. The van der Waals surface area contributed by atoms with Crippen molar-refractivity contribution in [3.63, 3.8) is 0 Å². The molecule has 0 aliphatic rings. The summed E-state index contributed by atoms with van der Waals surface area (Å²) in [6, 6.07) is 11.7. The van der Waals surface area contributed by atoms with E-state index in [0.717, 1.165) is 5.56 Å². The third kappa shape index (κ3) is 5.47. The van der Waals surface area contributed by atoms with Gasteiger partial charge in [0.15, 0.2) is 0 Å². The molecule has 3 N–H and O–H groups in total. The number of methoxy groups -OCH3 is 1. The van der Waals surface area contributed by atoms with Gasteiger partial charge in [-0.15, -0.1) is 0 Å². The van der Waals surface area contributed by atoms with Crippen molar-refractivity contribution in [1.29, 1.82) is 0 Å². The predicted molar refractivity (Wildman–Crippen MR) is 94.3 cm³/mol. The minimum atomic E-state index is -3.96. The lowest BCUT2D eigenvalue weighted by atomic mass is 10.2. The molecule has 2 aromatic rings. The van der Waals surface area contributed by atoms with E-state index in [1.807, 2.05) is 31.2 Å². The molecule has 0 spiro atoms. The molecule has 2 rings (SSSR count). The minimum Gasteiger partial charge on any atom is -0.495 e. The fraction of sp³-hybridized carbons (Fsp3) is 0.235. The summed E-state index contributed by atoms with van der Waals surface area (Å²) in [5, 5.41) is 7.76. The highest BCUT2D eigenvalue weighted by molar-refractivity contribution is 7.89. The van der Waals surface area contributed by atoms with Crippen LogP contribution in [0.15, 0.2) is 47.4 Å². The van der Waals surface area contributed by atoms with Gasteiger partial charge in [-0.2, -0.15) is 0 Å². The zero-order chi connectivity index (χ0) is 18.4. The number of sulfonamides is 1. The van der Waals surface area contributed by atoms with Gasteiger partial charge < -0.3 is 14.8 Å². The lowest BCUT2D eigenvalue weighted by Crippen LogP contribution is -2.17. The van der Waals surface area contributed by atoms with E-state index in [2.05, 4.69) is 5.32 Å². The highest BCUT2D eigenvalue weighted by Crippen LogP contribution is 2.26. The Bertz CT molecular complexity index is 865.